The maximum Gasteiger partial charge on any atom is 0.271 e. The topological polar surface area (TPSA) is 88.2 Å². The standard InChI is InChI=1S/C34H29FN4O3/c1-3-18-42-31-15-14-25(20-30(31)35)32-26(22-39(37-32)27-12-8-5-9-13-27)19-28-23(2)29(21-36)34(41)38(33(28)40)17-16-24-10-6-4-7-11-24/h4-15,19-20,22H,3,16-18H2,1-2H3/b28-19+. The first-order chi connectivity index (χ1) is 20.4. The molecule has 1 aliphatic rings. The zero-order chi connectivity index (χ0) is 29.6. The van der Waals surface area contributed by atoms with Crippen molar-refractivity contribution in [2.75, 3.05) is 13.2 Å². The third-order valence-corrected chi connectivity index (χ3v) is 7.02. The number of nitrogens with zero attached hydrogens (tertiary/aromatic N) is 4. The molecule has 2 amide bonds. The van der Waals surface area contributed by atoms with Gasteiger partial charge in [0.25, 0.3) is 11.8 Å². The van der Waals surface area contributed by atoms with Crippen LogP contribution in [0.5, 0.6) is 5.75 Å². The Kier molecular flexibility index (Phi) is 8.39. The monoisotopic (exact) mass is 560 g/mol. The maximum atomic E-state index is 15.0. The molecule has 0 spiro atoms. The third kappa shape index (κ3) is 5.77. The molecule has 4 aromatic rings. The van der Waals surface area contributed by atoms with Crippen molar-refractivity contribution in [1.29, 1.82) is 5.26 Å². The molecule has 0 bridgehead atoms. The number of carbonyl (C=O) groups is 2. The maximum absolute atomic E-state index is 15.0. The van der Waals surface area contributed by atoms with Crippen molar-refractivity contribution in [2.45, 2.75) is 26.7 Å². The van der Waals surface area contributed by atoms with E-state index in [0.29, 0.717) is 29.8 Å². The van der Waals surface area contributed by atoms with Crippen molar-refractivity contribution in [3.05, 3.63) is 119 Å². The number of amides is 2. The molecular weight excluding hydrogens is 531 g/mol. The summed E-state index contributed by atoms with van der Waals surface area (Å²) in [5.41, 5.74) is 3.58. The number of hydrogen-bond donors (Lipinski definition) is 0. The molecular formula is C34H29FN4O3. The summed E-state index contributed by atoms with van der Waals surface area (Å²) in [6.07, 6.45) is 4.57. The lowest BCUT2D eigenvalue weighted by Crippen LogP contribution is -2.43. The van der Waals surface area contributed by atoms with Gasteiger partial charge in [-0.15, -0.1) is 0 Å². The Hall–Kier alpha value is -5.29. The highest BCUT2D eigenvalue weighted by atomic mass is 19.1. The minimum Gasteiger partial charge on any atom is -0.491 e. The number of ether oxygens (including phenoxy) is 1. The molecule has 0 atom stereocenters. The Morgan fingerprint density at radius 2 is 1.71 bits per heavy atom. The molecule has 3 aromatic carbocycles. The summed E-state index contributed by atoms with van der Waals surface area (Å²) in [6, 6.07) is 25.5. The number of para-hydroxylation sites is 1. The highest BCUT2D eigenvalue weighted by Gasteiger charge is 2.35. The molecule has 42 heavy (non-hydrogen) atoms. The molecule has 2 heterocycles. The second-order valence-corrected chi connectivity index (χ2v) is 9.87. The molecule has 0 saturated heterocycles. The van der Waals surface area contributed by atoms with Crippen LogP contribution in [0.25, 0.3) is 23.0 Å². The SMILES string of the molecule is CCCOc1ccc(-c2nn(-c3ccccc3)cc2/C=C2/C(=O)N(CCc3ccccc3)C(=O)C(C#N)=C2C)cc1F. The number of imide groups is 1. The van der Waals surface area contributed by atoms with Crippen molar-refractivity contribution in [1.82, 2.24) is 14.7 Å². The number of benzene rings is 3. The fourth-order valence-electron chi connectivity index (χ4n) is 4.78. The average molecular weight is 561 g/mol. The molecule has 0 N–H and O–H groups in total. The van der Waals surface area contributed by atoms with Gasteiger partial charge in [-0.2, -0.15) is 10.4 Å². The van der Waals surface area contributed by atoms with Crippen molar-refractivity contribution in [2.24, 2.45) is 0 Å². The van der Waals surface area contributed by atoms with Crippen LogP contribution in [0.15, 0.2) is 102 Å². The minimum absolute atomic E-state index is 0.0885. The normalized spacial score (nSPS) is 14.4. The Morgan fingerprint density at radius 3 is 2.38 bits per heavy atom. The van der Waals surface area contributed by atoms with Gasteiger partial charge in [0.05, 0.1) is 12.3 Å². The molecule has 5 rings (SSSR count). The highest BCUT2D eigenvalue weighted by Crippen LogP contribution is 2.33. The van der Waals surface area contributed by atoms with Gasteiger partial charge in [-0.05, 0) is 67.3 Å². The molecule has 7 nitrogen and oxygen atoms in total. The fraction of sp³-hybridized carbons (Fsp3) is 0.176. The molecule has 0 fully saturated rings. The zero-order valence-corrected chi connectivity index (χ0v) is 23.4. The molecule has 0 saturated carbocycles. The number of hydrogen-bond acceptors (Lipinski definition) is 5. The van der Waals surface area contributed by atoms with Crippen LogP contribution >= 0.6 is 0 Å². The summed E-state index contributed by atoms with van der Waals surface area (Å²) in [4.78, 5) is 28.0. The van der Waals surface area contributed by atoms with Crippen LogP contribution < -0.4 is 4.74 Å². The summed E-state index contributed by atoms with van der Waals surface area (Å²) < 4.78 is 22.2. The molecule has 8 heteroatoms. The summed E-state index contributed by atoms with van der Waals surface area (Å²) in [5.74, 6) is -1.49. The quantitative estimate of drug-likeness (QED) is 0.177. The van der Waals surface area contributed by atoms with Gasteiger partial charge in [-0.1, -0.05) is 55.5 Å². The van der Waals surface area contributed by atoms with Crippen LogP contribution in [0.4, 0.5) is 4.39 Å². The van der Waals surface area contributed by atoms with E-state index in [-0.39, 0.29) is 29.0 Å². The van der Waals surface area contributed by atoms with Crippen LogP contribution in [0, 0.1) is 17.1 Å². The van der Waals surface area contributed by atoms with Gasteiger partial charge < -0.3 is 4.74 Å². The van der Waals surface area contributed by atoms with E-state index in [1.165, 1.54) is 6.07 Å². The second-order valence-electron chi connectivity index (χ2n) is 9.87. The van der Waals surface area contributed by atoms with Crippen LogP contribution in [-0.4, -0.2) is 39.6 Å². The van der Waals surface area contributed by atoms with E-state index in [2.05, 4.69) is 0 Å². The van der Waals surface area contributed by atoms with Crippen molar-refractivity contribution in [3.63, 3.8) is 0 Å². The van der Waals surface area contributed by atoms with Gasteiger partial charge in [0.15, 0.2) is 11.6 Å². The molecule has 0 aliphatic carbocycles. The number of aromatic nitrogens is 2. The van der Waals surface area contributed by atoms with Gasteiger partial charge in [-0.25, -0.2) is 9.07 Å². The highest BCUT2D eigenvalue weighted by molar-refractivity contribution is 6.19. The molecule has 210 valence electrons. The lowest BCUT2D eigenvalue weighted by Gasteiger charge is -2.27. The van der Waals surface area contributed by atoms with Gasteiger partial charge in [0.2, 0.25) is 0 Å². The van der Waals surface area contributed by atoms with Gasteiger partial charge >= 0.3 is 0 Å². The molecule has 1 aromatic heterocycles. The van der Waals surface area contributed by atoms with E-state index in [1.54, 1.807) is 36.0 Å². The van der Waals surface area contributed by atoms with Crippen molar-refractivity contribution in [3.8, 4) is 28.8 Å². The van der Waals surface area contributed by atoms with Gasteiger partial charge in [0, 0.05) is 29.4 Å². The smallest absolute Gasteiger partial charge is 0.271 e. The Morgan fingerprint density at radius 1 is 1.00 bits per heavy atom. The van der Waals surface area contributed by atoms with E-state index < -0.39 is 17.6 Å². The lowest BCUT2D eigenvalue weighted by molar-refractivity contribution is -0.140. The lowest BCUT2D eigenvalue weighted by atomic mass is 9.93. The molecule has 0 unspecified atom stereocenters. The predicted molar refractivity (Wildman–Crippen MR) is 158 cm³/mol. The first-order valence-electron chi connectivity index (χ1n) is 13.7. The van der Waals surface area contributed by atoms with Gasteiger partial charge in [-0.3, -0.25) is 14.5 Å². The number of nitriles is 1. The van der Waals surface area contributed by atoms with Crippen molar-refractivity contribution < 1.29 is 18.7 Å². The van der Waals surface area contributed by atoms with Crippen LogP contribution in [0.2, 0.25) is 0 Å². The number of carbonyl (C=O) groups excluding carboxylic acids is 2. The summed E-state index contributed by atoms with van der Waals surface area (Å²) >= 11 is 0. The molecule has 0 radical (unpaired) electrons. The van der Waals surface area contributed by atoms with E-state index >= 15 is 4.39 Å². The van der Waals surface area contributed by atoms with Crippen molar-refractivity contribution >= 4 is 17.9 Å². The predicted octanol–water partition coefficient (Wildman–Crippen LogP) is 6.30. The third-order valence-electron chi connectivity index (χ3n) is 7.02. The van der Waals surface area contributed by atoms with E-state index in [4.69, 9.17) is 9.84 Å². The number of halogens is 1. The van der Waals surface area contributed by atoms with Crippen LogP contribution in [0.1, 0.15) is 31.4 Å². The fourth-order valence-corrected chi connectivity index (χ4v) is 4.78. The first kappa shape index (κ1) is 28.2. The van der Waals surface area contributed by atoms with E-state index in [0.717, 1.165) is 22.6 Å². The van der Waals surface area contributed by atoms with Gasteiger partial charge in [0.1, 0.15) is 17.3 Å². The van der Waals surface area contributed by atoms with E-state index in [9.17, 15) is 14.9 Å². The van der Waals surface area contributed by atoms with Crippen LogP contribution in [-0.2, 0) is 16.0 Å². The van der Waals surface area contributed by atoms with Crippen LogP contribution in [0.3, 0.4) is 0 Å². The zero-order valence-electron chi connectivity index (χ0n) is 23.4. The summed E-state index contributed by atoms with van der Waals surface area (Å²) in [6.45, 7) is 4.05. The largest absolute Gasteiger partial charge is 0.491 e. The molecule has 1 aliphatic heterocycles. The Bertz CT molecular complexity index is 1730. The number of rotatable bonds is 9. The first-order valence-corrected chi connectivity index (χ1v) is 13.7. The van der Waals surface area contributed by atoms with E-state index in [1.807, 2.05) is 73.7 Å². The average Bonchev–Trinajstić information content (AvgIpc) is 3.44. The summed E-state index contributed by atoms with van der Waals surface area (Å²) in [7, 11) is 0. The Labute approximate surface area is 243 Å². The second kappa shape index (κ2) is 12.5. The Balaban J connectivity index is 1.59. The summed E-state index contributed by atoms with van der Waals surface area (Å²) in [5, 5.41) is 14.6. The minimum atomic E-state index is -0.613.